The average Bonchev–Trinajstić information content (AvgIpc) is 2.62. The molecule has 0 aliphatic heterocycles. The van der Waals surface area contributed by atoms with Gasteiger partial charge in [-0.2, -0.15) is 0 Å². The molecule has 2 aliphatic carbocycles. The number of Topliss-reactive ketones (excluding diaryl/α,β-unsaturated/α-hetero) is 4. The fraction of sp³-hybridized carbons (Fsp3) is 0.478. The van der Waals surface area contributed by atoms with Crippen LogP contribution in [0.5, 0.6) is 5.75 Å². The molecule has 6 heteroatoms. The number of ketones is 4. The highest BCUT2D eigenvalue weighted by molar-refractivity contribution is 6.17. The summed E-state index contributed by atoms with van der Waals surface area (Å²) < 4.78 is 0. The van der Waals surface area contributed by atoms with E-state index in [9.17, 15) is 29.4 Å². The maximum atomic E-state index is 13.3. The van der Waals surface area contributed by atoms with Gasteiger partial charge in [-0.1, -0.05) is 13.3 Å². The van der Waals surface area contributed by atoms with Crippen molar-refractivity contribution in [3.63, 3.8) is 0 Å². The Labute approximate surface area is 169 Å². The van der Waals surface area contributed by atoms with Crippen LogP contribution in [0.3, 0.4) is 0 Å². The van der Waals surface area contributed by atoms with E-state index in [0.717, 1.165) is 0 Å². The van der Waals surface area contributed by atoms with Gasteiger partial charge in [0.15, 0.2) is 17.3 Å². The Kier molecular flexibility index (Phi) is 5.48. The topological polar surface area (TPSA) is 109 Å². The first-order valence-electron chi connectivity index (χ1n) is 9.94. The van der Waals surface area contributed by atoms with Crippen molar-refractivity contribution in [2.24, 2.45) is 17.8 Å². The monoisotopic (exact) mass is 398 g/mol. The number of aliphatic hydroxyl groups excluding tert-OH is 1. The first-order chi connectivity index (χ1) is 13.6. The summed E-state index contributed by atoms with van der Waals surface area (Å²) in [7, 11) is 0. The molecule has 1 fully saturated rings. The average molecular weight is 398 g/mol. The van der Waals surface area contributed by atoms with Gasteiger partial charge in [-0.25, -0.2) is 0 Å². The second-order valence-electron chi connectivity index (χ2n) is 8.25. The zero-order valence-corrected chi connectivity index (χ0v) is 17.2. The van der Waals surface area contributed by atoms with Gasteiger partial charge in [0.2, 0.25) is 0 Å². The zero-order chi connectivity index (χ0) is 21.6. The number of benzene rings is 1. The van der Waals surface area contributed by atoms with Crippen molar-refractivity contribution in [1.82, 2.24) is 0 Å². The largest absolute Gasteiger partial charge is 0.507 e. The molecule has 0 spiro atoms. The van der Waals surface area contributed by atoms with Crippen LogP contribution in [-0.2, 0) is 20.8 Å². The Morgan fingerprint density at radius 1 is 1.17 bits per heavy atom. The number of aryl methyl sites for hydroxylation is 1. The van der Waals surface area contributed by atoms with Crippen molar-refractivity contribution in [3.8, 4) is 5.75 Å². The highest BCUT2D eigenvalue weighted by Crippen LogP contribution is 2.48. The van der Waals surface area contributed by atoms with Crippen LogP contribution < -0.4 is 0 Å². The predicted octanol–water partition coefficient (Wildman–Crippen LogP) is 3.51. The molecule has 29 heavy (non-hydrogen) atoms. The minimum absolute atomic E-state index is 0.113. The SMILES string of the molecule is CCC1CC2Cc3c(C(C)=O)cc(C)c(O)c3C(O)=C2C(=O)C1C(=O)CC(C)=O. The van der Waals surface area contributed by atoms with Crippen LogP contribution in [0.15, 0.2) is 11.6 Å². The summed E-state index contributed by atoms with van der Waals surface area (Å²) in [5.74, 6) is -3.39. The molecule has 0 amide bonds. The first kappa shape index (κ1) is 21.0. The van der Waals surface area contributed by atoms with E-state index in [4.69, 9.17) is 0 Å². The van der Waals surface area contributed by atoms with Gasteiger partial charge < -0.3 is 10.2 Å². The van der Waals surface area contributed by atoms with E-state index >= 15 is 0 Å². The van der Waals surface area contributed by atoms with Crippen LogP contribution in [0.25, 0.3) is 5.76 Å². The Morgan fingerprint density at radius 3 is 2.38 bits per heavy atom. The van der Waals surface area contributed by atoms with E-state index in [1.54, 1.807) is 13.0 Å². The lowest BCUT2D eigenvalue weighted by molar-refractivity contribution is -0.136. The smallest absolute Gasteiger partial charge is 0.173 e. The van der Waals surface area contributed by atoms with Gasteiger partial charge in [0, 0.05) is 11.1 Å². The lowest BCUT2D eigenvalue weighted by Gasteiger charge is -2.39. The molecule has 6 nitrogen and oxygen atoms in total. The van der Waals surface area contributed by atoms with E-state index in [0.29, 0.717) is 36.0 Å². The third-order valence-corrected chi connectivity index (χ3v) is 6.23. The molecule has 2 aliphatic rings. The zero-order valence-electron chi connectivity index (χ0n) is 17.2. The summed E-state index contributed by atoms with van der Waals surface area (Å²) in [5, 5.41) is 21.5. The summed E-state index contributed by atoms with van der Waals surface area (Å²) in [5.41, 5.74) is 1.65. The minimum atomic E-state index is -0.960. The van der Waals surface area contributed by atoms with Crippen molar-refractivity contribution in [2.75, 3.05) is 0 Å². The fourth-order valence-corrected chi connectivity index (χ4v) is 4.87. The summed E-state index contributed by atoms with van der Waals surface area (Å²) in [6.45, 7) is 6.26. The van der Waals surface area contributed by atoms with Gasteiger partial charge >= 0.3 is 0 Å². The van der Waals surface area contributed by atoms with Crippen LogP contribution in [-0.4, -0.2) is 33.3 Å². The highest BCUT2D eigenvalue weighted by Gasteiger charge is 2.47. The Morgan fingerprint density at radius 2 is 1.83 bits per heavy atom. The maximum absolute atomic E-state index is 13.3. The van der Waals surface area contributed by atoms with Gasteiger partial charge in [0.1, 0.15) is 17.3 Å². The van der Waals surface area contributed by atoms with Crippen LogP contribution >= 0.6 is 0 Å². The number of rotatable bonds is 5. The Hall–Kier alpha value is -2.76. The molecular formula is C23H26O6. The van der Waals surface area contributed by atoms with Crippen molar-refractivity contribution >= 4 is 28.9 Å². The van der Waals surface area contributed by atoms with E-state index < -0.39 is 17.5 Å². The number of phenolic OH excluding ortho intramolecular Hbond substituents is 1. The summed E-state index contributed by atoms with van der Waals surface area (Å²) in [6.07, 6.45) is 1.13. The van der Waals surface area contributed by atoms with Crippen molar-refractivity contribution in [3.05, 3.63) is 33.9 Å². The molecule has 3 rings (SSSR count). The molecule has 3 atom stereocenters. The molecule has 0 radical (unpaired) electrons. The molecular weight excluding hydrogens is 372 g/mol. The second kappa shape index (κ2) is 7.58. The first-order valence-corrected chi connectivity index (χ1v) is 9.94. The predicted molar refractivity (Wildman–Crippen MR) is 107 cm³/mol. The normalized spacial score (nSPS) is 23.4. The fourth-order valence-electron chi connectivity index (χ4n) is 4.87. The number of aliphatic hydroxyl groups is 1. The maximum Gasteiger partial charge on any atom is 0.173 e. The van der Waals surface area contributed by atoms with Gasteiger partial charge in [-0.05, 0) is 62.6 Å². The summed E-state index contributed by atoms with van der Waals surface area (Å²) in [4.78, 5) is 49.5. The molecule has 3 unspecified atom stereocenters. The molecule has 1 aromatic carbocycles. The molecule has 1 saturated carbocycles. The van der Waals surface area contributed by atoms with Gasteiger partial charge in [-0.15, -0.1) is 0 Å². The molecule has 0 saturated heterocycles. The molecule has 0 aromatic heterocycles. The summed E-state index contributed by atoms with van der Waals surface area (Å²) >= 11 is 0. The third kappa shape index (κ3) is 3.41. The van der Waals surface area contributed by atoms with Gasteiger partial charge in [0.25, 0.3) is 0 Å². The quantitative estimate of drug-likeness (QED) is 0.580. The number of fused-ring (bicyclic) bond motifs is 2. The van der Waals surface area contributed by atoms with Crippen LogP contribution in [0, 0.1) is 24.7 Å². The molecule has 0 heterocycles. The number of carbonyl (C=O) groups is 4. The minimum Gasteiger partial charge on any atom is -0.507 e. The highest BCUT2D eigenvalue weighted by atomic mass is 16.3. The van der Waals surface area contributed by atoms with Crippen molar-refractivity contribution in [2.45, 2.75) is 53.4 Å². The van der Waals surface area contributed by atoms with Gasteiger partial charge in [0.05, 0.1) is 17.9 Å². The third-order valence-electron chi connectivity index (χ3n) is 6.23. The Balaban J connectivity index is 2.19. The van der Waals surface area contributed by atoms with E-state index in [-0.39, 0.29) is 52.5 Å². The molecule has 2 N–H and O–H groups in total. The van der Waals surface area contributed by atoms with Crippen LogP contribution in [0.2, 0.25) is 0 Å². The Bertz CT molecular complexity index is 968. The number of hydrogen-bond acceptors (Lipinski definition) is 6. The molecule has 1 aromatic rings. The lowest BCUT2D eigenvalue weighted by Crippen LogP contribution is -2.42. The summed E-state index contributed by atoms with van der Waals surface area (Å²) in [6, 6.07) is 1.61. The molecule has 154 valence electrons. The van der Waals surface area contributed by atoms with Crippen LogP contribution in [0.1, 0.15) is 67.1 Å². The number of hydrogen-bond donors (Lipinski definition) is 2. The van der Waals surface area contributed by atoms with E-state index in [2.05, 4.69) is 0 Å². The number of phenols is 1. The second-order valence-corrected chi connectivity index (χ2v) is 8.25. The van der Waals surface area contributed by atoms with E-state index in [1.807, 2.05) is 6.92 Å². The van der Waals surface area contributed by atoms with Gasteiger partial charge in [-0.3, -0.25) is 19.2 Å². The lowest BCUT2D eigenvalue weighted by atomic mass is 9.63. The standard InChI is InChI=1S/C23H26O6/c1-5-13-8-14-9-16-15(12(4)25)6-10(2)21(27)20(16)23(29)19(14)22(28)18(13)17(26)7-11(3)24/h6,13-14,18,27,29H,5,7-9H2,1-4H3. The number of carbonyl (C=O) groups excluding carboxylic acids is 4. The number of aromatic hydroxyl groups is 1. The van der Waals surface area contributed by atoms with Crippen molar-refractivity contribution in [1.29, 1.82) is 0 Å². The molecule has 0 bridgehead atoms. The van der Waals surface area contributed by atoms with Crippen LogP contribution in [0.4, 0.5) is 0 Å². The van der Waals surface area contributed by atoms with Crippen molar-refractivity contribution < 1.29 is 29.4 Å². The van der Waals surface area contributed by atoms with E-state index in [1.165, 1.54) is 13.8 Å². The number of allylic oxidation sites excluding steroid dienone is 1.